The number of hydrogen-bond donors (Lipinski definition) is 3. The second-order valence-electron chi connectivity index (χ2n) is 2.75. The van der Waals surface area contributed by atoms with Crippen molar-refractivity contribution in [2.75, 3.05) is 11.9 Å². The Kier molecular flexibility index (Phi) is 4.06. The molecule has 1 aromatic carbocycles. The minimum Gasteiger partial charge on any atom is -0.382 e. The van der Waals surface area contributed by atoms with Crippen molar-refractivity contribution >= 4 is 27.5 Å². The Hall–Kier alpha value is -0.910. The topological polar surface area (TPSA) is 75.3 Å². The predicted octanol–water partition coefficient (Wildman–Crippen LogP) is 0.707. The summed E-state index contributed by atoms with van der Waals surface area (Å²) < 4.78 is 0.859. The number of carbonyl (C=O) groups excluding carboxylic acids is 1. The molecule has 14 heavy (non-hydrogen) atoms. The fourth-order valence-electron chi connectivity index (χ4n) is 0.899. The lowest BCUT2D eigenvalue weighted by Crippen LogP contribution is -2.34. The molecule has 0 aromatic heterocycles. The van der Waals surface area contributed by atoms with Crippen LogP contribution in [0.2, 0.25) is 0 Å². The summed E-state index contributed by atoms with van der Waals surface area (Å²) in [6, 6.07) is 7.09. The van der Waals surface area contributed by atoms with Crippen LogP contribution in [-0.2, 0) is 4.79 Å². The van der Waals surface area contributed by atoms with Gasteiger partial charge in [-0.15, -0.1) is 0 Å². The van der Waals surface area contributed by atoms with Crippen LogP contribution in [0.5, 0.6) is 0 Å². The van der Waals surface area contributed by atoms with Crippen LogP contribution in [0.3, 0.4) is 0 Å². The lowest BCUT2D eigenvalue weighted by Gasteiger charge is -2.08. The second-order valence-corrected chi connectivity index (χ2v) is 3.67. The van der Waals surface area contributed by atoms with E-state index in [1.54, 1.807) is 18.2 Å². The minimum absolute atomic E-state index is 0.0835. The summed E-state index contributed by atoms with van der Waals surface area (Å²) in [6.07, 6.45) is -1.16. The fourth-order valence-corrected chi connectivity index (χ4v) is 1.30. The van der Waals surface area contributed by atoms with Gasteiger partial charge in [0.05, 0.1) is 0 Å². The average molecular weight is 259 g/mol. The third-order valence-corrected chi connectivity index (χ3v) is 2.11. The molecule has 0 aliphatic heterocycles. The molecule has 0 fully saturated rings. The van der Waals surface area contributed by atoms with Crippen LogP contribution in [0, 0.1) is 0 Å². The lowest BCUT2D eigenvalue weighted by atomic mass is 10.3. The highest BCUT2D eigenvalue weighted by atomic mass is 79.9. The number of aliphatic hydroxyl groups excluding tert-OH is 1. The van der Waals surface area contributed by atoms with Crippen molar-refractivity contribution in [3.05, 3.63) is 28.7 Å². The first-order chi connectivity index (χ1) is 6.63. The molecule has 1 unspecified atom stereocenters. The van der Waals surface area contributed by atoms with E-state index in [0.717, 1.165) is 4.47 Å². The summed E-state index contributed by atoms with van der Waals surface area (Å²) in [7, 11) is 0. The van der Waals surface area contributed by atoms with Gasteiger partial charge in [-0.25, -0.2) is 0 Å². The smallest absolute Gasteiger partial charge is 0.254 e. The van der Waals surface area contributed by atoms with Gasteiger partial charge >= 0.3 is 0 Å². The Morgan fingerprint density at radius 1 is 1.64 bits per heavy atom. The molecule has 0 saturated carbocycles. The van der Waals surface area contributed by atoms with E-state index < -0.39 is 12.0 Å². The maximum absolute atomic E-state index is 11.2. The maximum atomic E-state index is 11.2. The highest BCUT2D eigenvalue weighted by Crippen LogP contribution is 2.15. The van der Waals surface area contributed by atoms with Crippen molar-refractivity contribution in [2.24, 2.45) is 5.73 Å². The monoisotopic (exact) mass is 258 g/mol. The Bertz CT molecular complexity index is 330. The number of nitrogens with one attached hydrogen (secondary N) is 1. The molecule has 4 N–H and O–H groups in total. The van der Waals surface area contributed by atoms with Gasteiger partial charge in [0.25, 0.3) is 5.91 Å². The van der Waals surface area contributed by atoms with Gasteiger partial charge in [-0.1, -0.05) is 22.0 Å². The van der Waals surface area contributed by atoms with Crippen LogP contribution >= 0.6 is 15.9 Å². The first-order valence-electron chi connectivity index (χ1n) is 4.08. The predicted molar refractivity (Wildman–Crippen MR) is 57.8 cm³/mol. The average Bonchev–Trinajstić information content (AvgIpc) is 2.16. The number of amides is 1. The Labute approximate surface area is 90.2 Å². The number of nitrogens with two attached hydrogens (primary N) is 1. The van der Waals surface area contributed by atoms with Crippen LogP contribution < -0.4 is 11.1 Å². The van der Waals surface area contributed by atoms with Crippen molar-refractivity contribution in [1.82, 2.24) is 0 Å². The van der Waals surface area contributed by atoms with Crippen molar-refractivity contribution in [3.8, 4) is 0 Å². The molecule has 0 bridgehead atoms. The van der Waals surface area contributed by atoms with Crippen LogP contribution in [-0.4, -0.2) is 23.7 Å². The van der Waals surface area contributed by atoms with Crippen molar-refractivity contribution in [3.63, 3.8) is 0 Å². The quantitative estimate of drug-likeness (QED) is 0.748. The number of benzene rings is 1. The highest BCUT2D eigenvalue weighted by Gasteiger charge is 2.12. The molecule has 1 atom stereocenters. The molecule has 0 radical (unpaired) electrons. The van der Waals surface area contributed by atoms with Crippen LogP contribution in [0.4, 0.5) is 5.69 Å². The SMILES string of the molecule is NCC(O)C(=O)Nc1cccc(Br)c1. The second kappa shape index (κ2) is 5.09. The van der Waals surface area contributed by atoms with Crippen LogP contribution in [0.25, 0.3) is 0 Å². The van der Waals surface area contributed by atoms with Gasteiger partial charge in [-0.2, -0.15) is 0 Å². The normalized spacial score (nSPS) is 12.2. The van der Waals surface area contributed by atoms with Gasteiger partial charge in [0.15, 0.2) is 0 Å². The molecular formula is C9H11BrN2O2. The van der Waals surface area contributed by atoms with Gasteiger partial charge in [-0.05, 0) is 18.2 Å². The molecule has 5 heteroatoms. The van der Waals surface area contributed by atoms with E-state index in [1.807, 2.05) is 6.07 Å². The maximum Gasteiger partial charge on any atom is 0.254 e. The zero-order valence-electron chi connectivity index (χ0n) is 7.40. The molecule has 1 amide bonds. The van der Waals surface area contributed by atoms with Crippen molar-refractivity contribution in [1.29, 1.82) is 0 Å². The number of carbonyl (C=O) groups is 1. The largest absolute Gasteiger partial charge is 0.382 e. The number of hydrogen-bond acceptors (Lipinski definition) is 3. The number of aliphatic hydroxyl groups is 1. The number of halogens is 1. The number of anilines is 1. The van der Waals surface area contributed by atoms with E-state index in [4.69, 9.17) is 10.8 Å². The molecule has 0 heterocycles. The number of rotatable bonds is 3. The molecule has 4 nitrogen and oxygen atoms in total. The van der Waals surface area contributed by atoms with Crippen molar-refractivity contribution in [2.45, 2.75) is 6.10 Å². The molecule has 0 spiro atoms. The van der Waals surface area contributed by atoms with Crippen LogP contribution in [0.1, 0.15) is 0 Å². The molecular weight excluding hydrogens is 248 g/mol. The summed E-state index contributed by atoms with van der Waals surface area (Å²) in [5.41, 5.74) is 5.76. The van der Waals surface area contributed by atoms with E-state index in [0.29, 0.717) is 5.69 Å². The summed E-state index contributed by atoms with van der Waals surface area (Å²) in [5.74, 6) is -0.495. The highest BCUT2D eigenvalue weighted by molar-refractivity contribution is 9.10. The molecule has 1 rings (SSSR count). The van der Waals surface area contributed by atoms with Gasteiger partial charge in [-0.3, -0.25) is 4.79 Å². The molecule has 0 saturated heterocycles. The Balaban J connectivity index is 2.65. The minimum atomic E-state index is -1.16. The van der Waals surface area contributed by atoms with Gasteiger partial charge in [0, 0.05) is 16.7 Å². The molecule has 0 aliphatic carbocycles. The molecule has 76 valence electrons. The lowest BCUT2D eigenvalue weighted by molar-refractivity contribution is -0.123. The van der Waals surface area contributed by atoms with E-state index in [9.17, 15) is 4.79 Å². The summed E-state index contributed by atoms with van der Waals surface area (Å²) >= 11 is 3.27. The zero-order valence-corrected chi connectivity index (χ0v) is 8.99. The first-order valence-corrected chi connectivity index (χ1v) is 4.87. The first kappa shape index (κ1) is 11.2. The summed E-state index contributed by atoms with van der Waals surface area (Å²) in [6.45, 7) is -0.0835. The van der Waals surface area contributed by atoms with E-state index in [-0.39, 0.29) is 6.54 Å². The summed E-state index contributed by atoms with van der Waals surface area (Å²) in [4.78, 5) is 11.2. The summed E-state index contributed by atoms with van der Waals surface area (Å²) in [5, 5.41) is 11.6. The van der Waals surface area contributed by atoms with E-state index >= 15 is 0 Å². The van der Waals surface area contributed by atoms with Gasteiger partial charge < -0.3 is 16.2 Å². The van der Waals surface area contributed by atoms with Crippen molar-refractivity contribution < 1.29 is 9.90 Å². The van der Waals surface area contributed by atoms with Gasteiger partial charge in [0.1, 0.15) is 6.10 Å². The van der Waals surface area contributed by atoms with Crippen LogP contribution in [0.15, 0.2) is 28.7 Å². The van der Waals surface area contributed by atoms with E-state index in [1.165, 1.54) is 0 Å². The molecule has 1 aromatic rings. The standard InChI is InChI=1S/C9H11BrN2O2/c10-6-2-1-3-7(4-6)12-9(14)8(13)5-11/h1-4,8,13H,5,11H2,(H,12,14). The van der Waals surface area contributed by atoms with Gasteiger partial charge in [0.2, 0.25) is 0 Å². The zero-order chi connectivity index (χ0) is 10.6. The third kappa shape index (κ3) is 3.10. The molecule has 0 aliphatic rings. The Morgan fingerprint density at radius 2 is 2.36 bits per heavy atom. The Morgan fingerprint density at radius 3 is 2.93 bits per heavy atom. The van der Waals surface area contributed by atoms with E-state index in [2.05, 4.69) is 21.2 Å². The fraction of sp³-hybridized carbons (Fsp3) is 0.222. The third-order valence-electron chi connectivity index (χ3n) is 1.62.